The van der Waals surface area contributed by atoms with Crippen LogP contribution in [0.25, 0.3) is 21.4 Å². The van der Waals surface area contributed by atoms with Crippen LogP contribution in [-0.4, -0.2) is 27.4 Å². The number of nitrogens with one attached hydrogen (secondary N) is 1. The first kappa shape index (κ1) is 20.8. The van der Waals surface area contributed by atoms with Crippen LogP contribution in [0.5, 0.6) is 0 Å². The van der Waals surface area contributed by atoms with Crippen molar-refractivity contribution in [2.75, 3.05) is 4.90 Å². The second kappa shape index (κ2) is 7.83. The SMILES string of the molecule is Cc1ccc(N2C(=O)NC(=O)/C(=C\c3cc(C)n(-c4nc5ccccc5s4)c3C)C2=O)cc1. The Kier molecular flexibility index (Phi) is 4.94. The van der Waals surface area contributed by atoms with Crippen LogP contribution in [0.3, 0.4) is 0 Å². The molecular weight excluding hydrogens is 436 g/mol. The summed E-state index contributed by atoms with van der Waals surface area (Å²) >= 11 is 1.57. The second-order valence-electron chi connectivity index (χ2n) is 7.92. The van der Waals surface area contributed by atoms with Crippen molar-refractivity contribution < 1.29 is 14.4 Å². The lowest BCUT2D eigenvalue weighted by molar-refractivity contribution is -0.122. The van der Waals surface area contributed by atoms with Crippen LogP contribution in [0.4, 0.5) is 10.5 Å². The van der Waals surface area contributed by atoms with Gasteiger partial charge < -0.3 is 0 Å². The maximum atomic E-state index is 13.2. The average molecular weight is 457 g/mol. The zero-order valence-corrected chi connectivity index (χ0v) is 19.1. The van der Waals surface area contributed by atoms with E-state index in [2.05, 4.69) is 5.32 Å². The lowest BCUT2D eigenvalue weighted by Gasteiger charge is -2.26. The summed E-state index contributed by atoms with van der Waals surface area (Å²) in [6, 6.07) is 16.0. The van der Waals surface area contributed by atoms with Crippen LogP contribution in [0.15, 0.2) is 60.2 Å². The molecule has 1 N–H and O–H groups in total. The Morgan fingerprint density at radius 3 is 2.42 bits per heavy atom. The molecule has 0 saturated carbocycles. The molecule has 5 rings (SSSR count). The van der Waals surface area contributed by atoms with E-state index in [1.165, 1.54) is 6.08 Å². The Morgan fingerprint density at radius 1 is 0.970 bits per heavy atom. The summed E-state index contributed by atoms with van der Waals surface area (Å²) in [7, 11) is 0. The van der Waals surface area contributed by atoms with E-state index in [1.807, 2.05) is 55.7 Å². The molecule has 1 saturated heterocycles. The number of imide groups is 2. The minimum atomic E-state index is -0.758. The predicted octanol–water partition coefficient (Wildman–Crippen LogP) is 4.68. The molecule has 4 aromatic rings. The van der Waals surface area contributed by atoms with Gasteiger partial charge in [-0.05, 0) is 62.7 Å². The third-order valence-corrected chi connectivity index (χ3v) is 6.66. The van der Waals surface area contributed by atoms with Gasteiger partial charge in [-0.3, -0.25) is 19.5 Å². The molecule has 0 bridgehead atoms. The number of aryl methyl sites for hydroxylation is 2. The number of nitrogens with zero attached hydrogens (tertiary/aromatic N) is 3. The molecule has 164 valence electrons. The lowest BCUT2D eigenvalue weighted by atomic mass is 10.1. The van der Waals surface area contributed by atoms with E-state index >= 15 is 0 Å². The van der Waals surface area contributed by atoms with Gasteiger partial charge in [0.2, 0.25) is 0 Å². The molecule has 1 fully saturated rings. The molecule has 0 radical (unpaired) electrons. The van der Waals surface area contributed by atoms with Crippen molar-refractivity contribution in [2.45, 2.75) is 20.8 Å². The fourth-order valence-electron chi connectivity index (χ4n) is 3.93. The van der Waals surface area contributed by atoms with Crippen molar-refractivity contribution in [3.05, 3.63) is 82.7 Å². The number of rotatable bonds is 3. The Morgan fingerprint density at radius 2 is 1.70 bits per heavy atom. The fraction of sp³-hybridized carbons (Fsp3) is 0.120. The number of thiazole rings is 1. The zero-order valence-electron chi connectivity index (χ0n) is 18.2. The molecular formula is C25H20N4O3S. The quantitative estimate of drug-likeness (QED) is 0.358. The number of carbonyl (C=O) groups excluding carboxylic acids is 3. The highest BCUT2D eigenvalue weighted by Gasteiger charge is 2.37. The Bertz CT molecular complexity index is 1440. The van der Waals surface area contributed by atoms with Crippen molar-refractivity contribution in [1.82, 2.24) is 14.9 Å². The summed E-state index contributed by atoms with van der Waals surface area (Å²) in [5.74, 6) is -1.37. The van der Waals surface area contributed by atoms with Crippen molar-refractivity contribution in [1.29, 1.82) is 0 Å². The monoisotopic (exact) mass is 456 g/mol. The van der Waals surface area contributed by atoms with E-state index in [-0.39, 0.29) is 5.57 Å². The van der Waals surface area contributed by atoms with Crippen molar-refractivity contribution >= 4 is 51.2 Å². The summed E-state index contributed by atoms with van der Waals surface area (Å²) in [4.78, 5) is 43.9. The number of para-hydroxylation sites is 1. The molecule has 8 heteroatoms. The molecule has 2 aromatic carbocycles. The van der Waals surface area contributed by atoms with E-state index in [9.17, 15) is 14.4 Å². The van der Waals surface area contributed by atoms with Gasteiger partial charge in [0, 0.05) is 11.4 Å². The average Bonchev–Trinajstić information content (AvgIpc) is 3.32. The maximum Gasteiger partial charge on any atom is 0.335 e. The number of hydrogen-bond acceptors (Lipinski definition) is 5. The number of benzene rings is 2. The number of aromatic nitrogens is 2. The summed E-state index contributed by atoms with van der Waals surface area (Å²) in [5, 5.41) is 3.09. The van der Waals surface area contributed by atoms with E-state index < -0.39 is 17.8 Å². The number of urea groups is 1. The largest absolute Gasteiger partial charge is 0.335 e. The van der Waals surface area contributed by atoms with E-state index in [0.29, 0.717) is 11.3 Å². The topological polar surface area (TPSA) is 84.3 Å². The third kappa shape index (κ3) is 3.54. The molecule has 0 atom stereocenters. The van der Waals surface area contributed by atoms with Gasteiger partial charge in [0.05, 0.1) is 15.9 Å². The van der Waals surface area contributed by atoms with Gasteiger partial charge in [0.1, 0.15) is 5.57 Å². The van der Waals surface area contributed by atoms with Crippen LogP contribution in [0, 0.1) is 20.8 Å². The molecule has 2 aromatic heterocycles. The van der Waals surface area contributed by atoms with Crippen LogP contribution < -0.4 is 10.2 Å². The normalized spacial score (nSPS) is 15.5. The molecule has 1 aliphatic rings. The van der Waals surface area contributed by atoms with Crippen LogP contribution in [-0.2, 0) is 9.59 Å². The van der Waals surface area contributed by atoms with Crippen molar-refractivity contribution in [3.63, 3.8) is 0 Å². The van der Waals surface area contributed by atoms with E-state index in [4.69, 9.17) is 4.98 Å². The molecule has 0 aliphatic carbocycles. The van der Waals surface area contributed by atoms with Gasteiger partial charge in [0.25, 0.3) is 11.8 Å². The Balaban J connectivity index is 1.56. The molecule has 0 unspecified atom stereocenters. The zero-order chi connectivity index (χ0) is 23.3. The standard InChI is InChI=1S/C25H20N4O3S/c1-14-8-10-18(11-9-14)29-23(31)19(22(30)27-24(29)32)13-17-12-15(2)28(16(17)3)25-26-20-6-4-5-7-21(20)33-25/h4-13H,1-3H3,(H,27,30,32)/b19-13+. The third-order valence-electron chi connectivity index (χ3n) is 5.64. The first-order valence-corrected chi connectivity index (χ1v) is 11.2. The highest BCUT2D eigenvalue weighted by Crippen LogP contribution is 2.30. The lowest BCUT2D eigenvalue weighted by Crippen LogP contribution is -2.54. The number of carbonyl (C=O) groups is 3. The molecule has 0 spiro atoms. The highest BCUT2D eigenvalue weighted by atomic mass is 32.1. The summed E-state index contributed by atoms with van der Waals surface area (Å²) < 4.78 is 3.08. The van der Waals surface area contributed by atoms with Gasteiger partial charge >= 0.3 is 6.03 Å². The minimum Gasteiger partial charge on any atom is -0.294 e. The fourth-order valence-corrected chi connectivity index (χ4v) is 5.00. The van der Waals surface area contributed by atoms with Crippen LogP contribution >= 0.6 is 11.3 Å². The molecule has 1 aliphatic heterocycles. The van der Waals surface area contributed by atoms with Crippen molar-refractivity contribution in [2.24, 2.45) is 0 Å². The summed E-state index contributed by atoms with van der Waals surface area (Å²) in [6.45, 7) is 5.78. The molecule has 4 amide bonds. The van der Waals surface area contributed by atoms with Gasteiger partial charge in [-0.1, -0.05) is 41.2 Å². The number of fused-ring (bicyclic) bond motifs is 1. The van der Waals surface area contributed by atoms with E-state index in [0.717, 1.165) is 37.2 Å². The van der Waals surface area contributed by atoms with Gasteiger partial charge in [0.15, 0.2) is 5.13 Å². The van der Waals surface area contributed by atoms with Gasteiger partial charge in [-0.15, -0.1) is 0 Å². The smallest absolute Gasteiger partial charge is 0.294 e. The first-order chi connectivity index (χ1) is 15.8. The highest BCUT2D eigenvalue weighted by molar-refractivity contribution is 7.20. The molecule has 33 heavy (non-hydrogen) atoms. The second-order valence-corrected chi connectivity index (χ2v) is 8.93. The maximum absolute atomic E-state index is 13.2. The Labute approximate surface area is 194 Å². The van der Waals surface area contributed by atoms with Gasteiger partial charge in [-0.25, -0.2) is 14.7 Å². The number of barbiturate groups is 1. The Hall–Kier alpha value is -4.04. The number of anilines is 1. The molecule has 7 nitrogen and oxygen atoms in total. The molecule has 3 heterocycles. The number of hydrogen-bond donors (Lipinski definition) is 1. The minimum absolute atomic E-state index is 0.0975. The summed E-state index contributed by atoms with van der Waals surface area (Å²) in [5.41, 5.74) is 4.70. The van der Waals surface area contributed by atoms with E-state index in [1.54, 1.807) is 35.6 Å². The summed E-state index contributed by atoms with van der Waals surface area (Å²) in [6.07, 6.45) is 1.54. The predicted molar refractivity (Wildman–Crippen MR) is 129 cm³/mol. The number of amides is 4. The van der Waals surface area contributed by atoms with Gasteiger partial charge in [-0.2, -0.15) is 0 Å². The van der Waals surface area contributed by atoms with Crippen molar-refractivity contribution in [3.8, 4) is 5.13 Å². The first-order valence-electron chi connectivity index (χ1n) is 10.4. The van der Waals surface area contributed by atoms with Crippen LogP contribution in [0.1, 0.15) is 22.5 Å². The van der Waals surface area contributed by atoms with Crippen LogP contribution in [0.2, 0.25) is 0 Å².